The molecule has 0 spiro atoms. The van der Waals surface area contributed by atoms with Crippen molar-refractivity contribution in [2.75, 3.05) is 17.7 Å². The largest absolute Gasteiger partial charge is 0.487 e. The molecule has 23 heavy (non-hydrogen) atoms. The Labute approximate surface area is 145 Å². The van der Waals surface area contributed by atoms with Crippen LogP contribution in [0.1, 0.15) is 22.6 Å². The summed E-state index contributed by atoms with van der Waals surface area (Å²) in [6, 6.07) is 12.4. The number of thiophene rings is 1. The molecule has 2 nitrogen and oxygen atoms in total. The van der Waals surface area contributed by atoms with Crippen LogP contribution in [0.4, 0.5) is 5.69 Å². The first-order valence-electron chi connectivity index (χ1n) is 7.79. The molecule has 0 saturated carbocycles. The first-order chi connectivity index (χ1) is 11.3. The van der Waals surface area contributed by atoms with Gasteiger partial charge in [0.05, 0.1) is 4.70 Å². The van der Waals surface area contributed by atoms with Crippen LogP contribution in [-0.2, 0) is 6.61 Å². The van der Waals surface area contributed by atoms with Crippen molar-refractivity contribution in [3.63, 3.8) is 0 Å². The lowest BCUT2D eigenvalue weighted by atomic mass is 9.97. The second-order valence-electron chi connectivity index (χ2n) is 5.97. The molecule has 1 atom stereocenters. The summed E-state index contributed by atoms with van der Waals surface area (Å²) < 4.78 is 7.38. The zero-order valence-corrected chi connectivity index (χ0v) is 14.5. The third-order valence-electron chi connectivity index (χ3n) is 4.40. The molecule has 0 amide bonds. The van der Waals surface area contributed by atoms with E-state index in [9.17, 15) is 0 Å². The highest BCUT2D eigenvalue weighted by Gasteiger charge is 2.27. The van der Waals surface area contributed by atoms with Gasteiger partial charge >= 0.3 is 0 Å². The van der Waals surface area contributed by atoms with Crippen molar-refractivity contribution in [3.8, 4) is 5.75 Å². The van der Waals surface area contributed by atoms with Crippen LogP contribution in [-0.4, -0.2) is 12.4 Å². The smallest absolute Gasteiger partial charge is 0.139 e. The van der Waals surface area contributed by atoms with E-state index in [1.165, 1.54) is 32.5 Å². The highest BCUT2D eigenvalue weighted by Crippen LogP contribution is 2.46. The van der Waals surface area contributed by atoms with Crippen molar-refractivity contribution in [3.05, 3.63) is 58.5 Å². The molecule has 1 aliphatic rings. The molecule has 1 aromatic heterocycles. The van der Waals surface area contributed by atoms with Crippen molar-refractivity contribution in [2.45, 2.75) is 19.4 Å². The Balaban J connectivity index is 1.75. The Morgan fingerprint density at radius 3 is 2.91 bits per heavy atom. The normalized spacial score (nSPS) is 16.3. The van der Waals surface area contributed by atoms with Gasteiger partial charge in [0.1, 0.15) is 12.4 Å². The lowest BCUT2D eigenvalue weighted by Crippen LogP contribution is -2.03. The van der Waals surface area contributed by atoms with Crippen molar-refractivity contribution in [2.24, 2.45) is 0 Å². The molecule has 0 fully saturated rings. The Morgan fingerprint density at radius 1 is 1.30 bits per heavy atom. The van der Waals surface area contributed by atoms with E-state index < -0.39 is 0 Å². The average Bonchev–Trinajstić information content (AvgIpc) is 3.17. The van der Waals surface area contributed by atoms with Gasteiger partial charge in [-0.3, -0.25) is 0 Å². The van der Waals surface area contributed by atoms with Crippen LogP contribution in [0.3, 0.4) is 0 Å². The lowest BCUT2D eigenvalue weighted by Gasteiger charge is -2.13. The molecular weight excluding hydrogens is 326 g/mol. The third-order valence-corrected chi connectivity index (χ3v) is 5.89. The molecule has 4 heteroatoms. The number of halogens is 1. The molecule has 4 rings (SSSR count). The predicted octanol–water partition coefficient (Wildman–Crippen LogP) is 5.54. The number of hydrogen-bond acceptors (Lipinski definition) is 3. The quantitative estimate of drug-likeness (QED) is 0.628. The van der Waals surface area contributed by atoms with Gasteiger partial charge in [0.25, 0.3) is 0 Å². The van der Waals surface area contributed by atoms with Crippen molar-refractivity contribution >= 4 is 38.7 Å². The summed E-state index contributed by atoms with van der Waals surface area (Å²) in [6.45, 7) is 3.67. The fourth-order valence-corrected chi connectivity index (χ4v) is 4.55. The van der Waals surface area contributed by atoms with Crippen molar-refractivity contribution in [1.29, 1.82) is 0 Å². The fourth-order valence-electron chi connectivity index (χ4n) is 3.25. The molecule has 2 aromatic carbocycles. The molecule has 2 heterocycles. The van der Waals surface area contributed by atoms with Gasteiger partial charge < -0.3 is 10.1 Å². The minimum Gasteiger partial charge on any atom is -0.487 e. The number of ether oxygens (including phenoxy) is 1. The summed E-state index contributed by atoms with van der Waals surface area (Å²) in [5.74, 6) is 1.99. The van der Waals surface area contributed by atoms with Gasteiger partial charge in [-0.2, -0.15) is 0 Å². The standard InChI is InChI=1S/C19H18ClNOS/c1-12-11-23-19-16(22-10-13-5-3-2-4-6-13)7-15-18(17(12)19)14(8-20)9-21-15/h2-7,11,14,21H,8-10H2,1H3/t14-/m1/s1. The van der Waals surface area contributed by atoms with E-state index in [0.29, 0.717) is 18.4 Å². The molecule has 1 aliphatic heterocycles. The van der Waals surface area contributed by atoms with Gasteiger partial charge in [0.15, 0.2) is 0 Å². The summed E-state index contributed by atoms with van der Waals surface area (Å²) in [5.41, 5.74) is 5.03. The van der Waals surface area contributed by atoms with E-state index in [4.69, 9.17) is 16.3 Å². The van der Waals surface area contributed by atoms with Crippen molar-refractivity contribution in [1.82, 2.24) is 0 Å². The van der Waals surface area contributed by atoms with Crippen LogP contribution in [0, 0.1) is 6.92 Å². The van der Waals surface area contributed by atoms with Gasteiger partial charge in [0, 0.05) is 35.5 Å². The van der Waals surface area contributed by atoms with Crippen LogP contribution < -0.4 is 10.1 Å². The molecule has 118 valence electrons. The van der Waals surface area contributed by atoms with Crippen LogP contribution in [0.15, 0.2) is 41.8 Å². The molecule has 1 N–H and O–H groups in total. The Bertz CT molecular complexity index is 843. The second kappa shape index (κ2) is 6.06. The number of alkyl halides is 1. The fraction of sp³-hybridized carbons (Fsp3) is 0.263. The van der Waals surface area contributed by atoms with Gasteiger partial charge in [0.2, 0.25) is 0 Å². The molecule has 0 radical (unpaired) electrons. The first-order valence-corrected chi connectivity index (χ1v) is 9.20. The van der Waals surface area contributed by atoms with Crippen molar-refractivity contribution < 1.29 is 4.74 Å². The Hall–Kier alpha value is -1.71. The van der Waals surface area contributed by atoms with E-state index >= 15 is 0 Å². The topological polar surface area (TPSA) is 21.3 Å². The van der Waals surface area contributed by atoms with E-state index in [1.54, 1.807) is 11.3 Å². The predicted molar refractivity (Wildman–Crippen MR) is 99.3 cm³/mol. The van der Waals surface area contributed by atoms with Gasteiger partial charge in [-0.15, -0.1) is 22.9 Å². The van der Waals surface area contributed by atoms with E-state index in [1.807, 2.05) is 18.2 Å². The summed E-state index contributed by atoms with van der Waals surface area (Å²) in [5, 5.41) is 7.03. The zero-order valence-electron chi connectivity index (χ0n) is 12.9. The van der Waals surface area contributed by atoms with Crippen LogP contribution in [0.5, 0.6) is 5.75 Å². The SMILES string of the molecule is Cc1csc2c(OCc3ccccc3)cc3c(c12)[C@H](CCl)CN3. The maximum atomic E-state index is 6.17. The Morgan fingerprint density at radius 2 is 2.13 bits per heavy atom. The van der Waals surface area contributed by atoms with E-state index in [0.717, 1.165) is 12.3 Å². The van der Waals surface area contributed by atoms with Gasteiger partial charge in [-0.05, 0) is 29.0 Å². The van der Waals surface area contributed by atoms with Gasteiger partial charge in [-0.1, -0.05) is 30.3 Å². The zero-order chi connectivity index (χ0) is 15.8. The number of hydrogen-bond donors (Lipinski definition) is 1. The maximum absolute atomic E-state index is 6.17. The second-order valence-corrected chi connectivity index (χ2v) is 7.15. The highest BCUT2D eigenvalue weighted by molar-refractivity contribution is 7.17. The summed E-state index contributed by atoms with van der Waals surface area (Å²) in [4.78, 5) is 0. The molecule has 0 bridgehead atoms. The Kier molecular flexibility index (Phi) is 3.92. The average molecular weight is 344 g/mol. The maximum Gasteiger partial charge on any atom is 0.139 e. The molecule has 3 aromatic rings. The lowest BCUT2D eigenvalue weighted by molar-refractivity contribution is 0.310. The highest BCUT2D eigenvalue weighted by atomic mass is 35.5. The van der Waals surface area contributed by atoms with E-state index in [2.05, 4.69) is 35.8 Å². The van der Waals surface area contributed by atoms with Crippen LogP contribution in [0.25, 0.3) is 10.1 Å². The number of benzene rings is 2. The number of anilines is 1. The minimum atomic E-state index is 0.380. The van der Waals surface area contributed by atoms with Crippen LogP contribution >= 0.6 is 22.9 Å². The molecular formula is C19H18ClNOS. The van der Waals surface area contributed by atoms with Crippen LogP contribution in [0.2, 0.25) is 0 Å². The summed E-state index contributed by atoms with van der Waals surface area (Å²) in [7, 11) is 0. The minimum absolute atomic E-state index is 0.380. The number of nitrogens with one attached hydrogen (secondary N) is 1. The molecule has 0 aliphatic carbocycles. The number of rotatable bonds is 4. The summed E-state index contributed by atoms with van der Waals surface area (Å²) >= 11 is 7.93. The van der Waals surface area contributed by atoms with Gasteiger partial charge in [-0.25, -0.2) is 0 Å². The third kappa shape index (κ3) is 2.58. The summed E-state index contributed by atoms with van der Waals surface area (Å²) in [6.07, 6.45) is 0. The number of aryl methyl sites for hydroxylation is 1. The molecule has 0 unspecified atom stereocenters. The molecule has 0 saturated heterocycles. The van der Waals surface area contributed by atoms with E-state index in [-0.39, 0.29) is 0 Å². The number of fused-ring (bicyclic) bond motifs is 3. The first kappa shape index (κ1) is 14.9. The monoisotopic (exact) mass is 343 g/mol.